The van der Waals surface area contributed by atoms with Gasteiger partial charge >= 0.3 is 0 Å². The topological polar surface area (TPSA) is 84.2 Å². The molecule has 0 fully saturated rings. The van der Waals surface area contributed by atoms with Gasteiger partial charge in [-0.2, -0.15) is 0 Å². The average molecular weight is 392 g/mol. The summed E-state index contributed by atoms with van der Waals surface area (Å²) in [6, 6.07) is 7.25. The Labute approximate surface area is 159 Å². The predicted molar refractivity (Wildman–Crippen MR) is 102 cm³/mol. The van der Waals surface area contributed by atoms with Crippen LogP contribution in [0.1, 0.15) is 26.9 Å². The number of thiazole rings is 1. The molecule has 1 aromatic carbocycles. The van der Waals surface area contributed by atoms with Crippen LogP contribution in [0.2, 0.25) is 5.02 Å². The van der Waals surface area contributed by atoms with Gasteiger partial charge in [0.1, 0.15) is 11.5 Å². The first-order chi connectivity index (χ1) is 12.4. The highest BCUT2D eigenvalue weighted by molar-refractivity contribution is 7.18. The van der Waals surface area contributed by atoms with Crippen molar-refractivity contribution in [2.24, 2.45) is 0 Å². The Bertz CT molecular complexity index is 964. The molecule has 2 aromatic heterocycles. The zero-order chi connectivity index (χ0) is 18.7. The average Bonchev–Trinajstić information content (AvgIpc) is 3.14. The molecule has 0 radical (unpaired) electrons. The molecule has 0 aliphatic heterocycles. The maximum Gasteiger partial charge on any atom is 0.255 e. The van der Waals surface area contributed by atoms with Crippen LogP contribution < -0.4 is 10.6 Å². The molecule has 0 saturated carbocycles. The Balaban J connectivity index is 1.45. The molecule has 136 valence electrons. The van der Waals surface area contributed by atoms with Crippen LogP contribution in [0.3, 0.4) is 0 Å². The van der Waals surface area contributed by atoms with Crippen molar-refractivity contribution in [3.63, 3.8) is 0 Å². The van der Waals surface area contributed by atoms with E-state index in [-0.39, 0.29) is 18.4 Å². The minimum Gasteiger partial charge on any atom is -0.466 e. The number of aryl methyl sites for hydroxylation is 2. The van der Waals surface area contributed by atoms with Gasteiger partial charge in [-0.25, -0.2) is 4.98 Å². The lowest BCUT2D eigenvalue weighted by molar-refractivity contribution is -0.120. The molecule has 3 aromatic rings. The van der Waals surface area contributed by atoms with Gasteiger partial charge < -0.3 is 15.1 Å². The second-order valence-electron chi connectivity index (χ2n) is 5.83. The molecule has 6 nitrogen and oxygen atoms in total. The maximum atomic E-state index is 12.0. The van der Waals surface area contributed by atoms with Crippen LogP contribution >= 0.6 is 22.9 Å². The number of benzene rings is 1. The Hall–Kier alpha value is -2.38. The summed E-state index contributed by atoms with van der Waals surface area (Å²) in [5.41, 5.74) is 1.31. The largest absolute Gasteiger partial charge is 0.466 e. The molecule has 2 amide bonds. The van der Waals surface area contributed by atoms with E-state index in [1.807, 2.05) is 18.2 Å². The van der Waals surface area contributed by atoms with E-state index in [2.05, 4.69) is 15.6 Å². The third-order valence-corrected chi connectivity index (χ3v) is 5.08. The number of halogens is 1. The molecule has 2 heterocycles. The van der Waals surface area contributed by atoms with Gasteiger partial charge in [-0.3, -0.25) is 9.59 Å². The molecule has 26 heavy (non-hydrogen) atoms. The van der Waals surface area contributed by atoms with Gasteiger partial charge in [-0.05, 0) is 38.1 Å². The first kappa shape index (κ1) is 18.4. The number of aromatic nitrogens is 1. The van der Waals surface area contributed by atoms with Crippen LogP contribution in [-0.4, -0.2) is 29.9 Å². The van der Waals surface area contributed by atoms with E-state index in [0.717, 1.165) is 15.2 Å². The third-order valence-electron chi connectivity index (χ3n) is 3.75. The van der Waals surface area contributed by atoms with Gasteiger partial charge in [0, 0.05) is 18.0 Å². The zero-order valence-electron chi connectivity index (χ0n) is 14.4. The van der Waals surface area contributed by atoms with E-state index in [4.69, 9.17) is 16.0 Å². The van der Waals surface area contributed by atoms with Crippen molar-refractivity contribution in [2.45, 2.75) is 20.3 Å². The summed E-state index contributed by atoms with van der Waals surface area (Å²) in [4.78, 5) is 28.4. The molecular formula is C18H18ClN3O3S. The lowest BCUT2D eigenvalue weighted by atomic mass is 10.2. The number of nitrogens with zero attached hydrogens (tertiary/aromatic N) is 1. The summed E-state index contributed by atoms with van der Waals surface area (Å²) in [6.45, 7) is 3.85. The molecule has 3 rings (SSSR count). The number of fused-ring (bicyclic) bond motifs is 1. The summed E-state index contributed by atoms with van der Waals surface area (Å²) >= 11 is 7.53. The molecule has 0 saturated heterocycles. The first-order valence-corrected chi connectivity index (χ1v) is 9.28. The number of furan rings is 1. The Morgan fingerprint density at radius 3 is 2.77 bits per heavy atom. The summed E-state index contributed by atoms with van der Waals surface area (Å²) < 4.78 is 6.38. The number of rotatable bonds is 6. The van der Waals surface area contributed by atoms with Crippen molar-refractivity contribution in [3.8, 4) is 0 Å². The van der Waals surface area contributed by atoms with Crippen molar-refractivity contribution in [1.29, 1.82) is 0 Å². The monoisotopic (exact) mass is 391 g/mol. The summed E-state index contributed by atoms with van der Waals surface area (Å²) in [7, 11) is 0. The van der Waals surface area contributed by atoms with E-state index in [1.54, 1.807) is 31.3 Å². The second kappa shape index (κ2) is 7.88. The molecule has 2 N–H and O–H groups in total. The molecule has 0 unspecified atom stereocenters. The van der Waals surface area contributed by atoms with Crippen molar-refractivity contribution >= 4 is 45.0 Å². The molecular weight excluding hydrogens is 374 g/mol. The minimum atomic E-state index is -0.322. The van der Waals surface area contributed by atoms with Crippen LogP contribution in [0, 0.1) is 13.8 Å². The molecule has 0 aliphatic rings. The van der Waals surface area contributed by atoms with Crippen molar-refractivity contribution in [2.75, 3.05) is 13.1 Å². The highest BCUT2D eigenvalue weighted by Crippen LogP contribution is 2.25. The molecule has 0 bridgehead atoms. The quantitative estimate of drug-likeness (QED) is 0.675. The van der Waals surface area contributed by atoms with Crippen LogP contribution in [0.5, 0.6) is 0 Å². The van der Waals surface area contributed by atoms with Crippen molar-refractivity contribution in [3.05, 3.63) is 51.4 Å². The van der Waals surface area contributed by atoms with E-state index < -0.39 is 0 Å². The zero-order valence-corrected chi connectivity index (χ0v) is 16.0. The van der Waals surface area contributed by atoms with Gasteiger partial charge in [0.25, 0.3) is 5.91 Å². The highest BCUT2D eigenvalue weighted by Gasteiger charge is 2.14. The van der Waals surface area contributed by atoms with Crippen molar-refractivity contribution < 1.29 is 14.0 Å². The van der Waals surface area contributed by atoms with Crippen LogP contribution in [0.15, 0.2) is 28.7 Å². The SMILES string of the molecule is Cc1cc(C(=O)NCC(=O)NCCc2nc3cc(Cl)ccc3s2)c(C)o1. The normalized spacial score (nSPS) is 10.9. The van der Waals surface area contributed by atoms with E-state index >= 15 is 0 Å². The lowest BCUT2D eigenvalue weighted by Crippen LogP contribution is -2.37. The molecule has 0 atom stereocenters. The van der Waals surface area contributed by atoms with Gasteiger partial charge in [-0.1, -0.05) is 11.6 Å². The number of nitrogens with one attached hydrogen (secondary N) is 2. The Kier molecular flexibility index (Phi) is 5.58. The molecule has 8 heteroatoms. The number of amides is 2. The fourth-order valence-electron chi connectivity index (χ4n) is 2.54. The number of carbonyl (C=O) groups excluding carboxylic acids is 2. The van der Waals surface area contributed by atoms with E-state index in [0.29, 0.717) is 35.1 Å². The van der Waals surface area contributed by atoms with Crippen LogP contribution in [-0.2, 0) is 11.2 Å². The fourth-order valence-corrected chi connectivity index (χ4v) is 3.65. The smallest absolute Gasteiger partial charge is 0.255 e. The third kappa shape index (κ3) is 4.42. The van der Waals surface area contributed by atoms with Gasteiger partial charge in [0.15, 0.2) is 0 Å². The molecule has 0 aliphatic carbocycles. The second-order valence-corrected chi connectivity index (χ2v) is 7.38. The van der Waals surface area contributed by atoms with Gasteiger partial charge in [0.2, 0.25) is 5.91 Å². The number of hydrogen-bond acceptors (Lipinski definition) is 5. The van der Waals surface area contributed by atoms with Gasteiger partial charge in [0.05, 0.1) is 27.3 Å². The fraction of sp³-hybridized carbons (Fsp3) is 0.278. The van der Waals surface area contributed by atoms with Crippen LogP contribution in [0.25, 0.3) is 10.2 Å². The van der Waals surface area contributed by atoms with Crippen LogP contribution in [0.4, 0.5) is 0 Å². The van der Waals surface area contributed by atoms with E-state index in [9.17, 15) is 9.59 Å². The number of carbonyl (C=O) groups is 2. The standard InChI is InChI=1S/C18H18ClN3O3S/c1-10-7-13(11(2)25-10)18(24)21-9-16(23)20-6-5-17-22-14-8-12(19)3-4-15(14)26-17/h3-4,7-8H,5-6,9H2,1-2H3,(H,20,23)(H,21,24). The first-order valence-electron chi connectivity index (χ1n) is 8.09. The summed E-state index contributed by atoms with van der Waals surface area (Å²) in [6.07, 6.45) is 0.622. The highest BCUT2D eigenvalue weighted by atomic mass is 35.5. The van der Waals surface area contributed by atoms with Crippen molar-refractivity contribution in [1.82, 2.24) is 15.6 Å². The maximum absolute atomic E-state index is 12.0. The number of hydrogen-bond donors (Lipinski definition) is 2. The Morgan fingerprint density at radius 2 is 2.04 bits per heavy atom. The van der Waals surface area contributed by atoms with Gasteiger partial charge in [-0.15, -0.1) is 11.3 Å². The summed E-state index contributed by atoms with van der Waals surface area (Å²) in [5.74, 6) is 0.628. The lowest BCUT2D eigenvalue weighted by Gasteiger charge is -2.05. The summed E-state index contributed by atoms with van der Waals surface area (Å²) in [5, 5.41) is 6.95. The van der Waals surface area contributed by atoms with E-state index in [1.165, 1.54) is 0 Å². The molecule has 0 spiro atoms. The minimum absolute atomic E-state index is 0.0854. The predicted octanol–water partition coefficient (Wildman–Crippen LogP) is 3.25. The Morgan fingerprint density at radius 1 is 1.23 bits per heavy atom.